The summed E-state index contributed by atoms with van der Waals surface area (Å²) in [6, 6.07) is 17.9. The summed E-state index contributed by atoms with van der Waals surface area (Å²) < 4.78 is 13.3. The second-order valence-electron chi connectivity index (χ2n) is 10.7. The van der Waals surface area contributed by atoms with Crippen LogP contribution in [0.1, 0.15) is 51.4 Å². The Kier molecular flexibility index (Phi) is 7.01. The molecular weight excluding hydrogens is 474 g/mol. The van der Waals surface area contributed by atoms with Gasteiger partial charge in [0.25, 0.3) is 0 Å². The molecule has 2 aromatic carbocycles. The Morgan fingerprint density at radius 3 is 2.39 bits per heavy atom. The van der Waals surface area contributed by atoms with E-state index in [0.717, 1.165) is 29.1 Å². The number of carbonyl (C=O) groups excluding carboxylic acids is 1. The zero-order valence-electron chi connectivity index (χ0n) is 21.6. The number of nitrogens with one attached hydrogen (secondary N) is 1. The van der Waals surface area contributed by atoms with E-state index in [1.807, 2.05) is 36.5 Å². The van der Waals surface area contributed by atoms with Crippen molar-refractivity contribution in [1.29, 1.82) is 0 Å². The largest absolute Gasteiger partial charge is 0.493 e. The third-order valence-electron chi connectivity index (χ3n) is 5.68. The molecule has 0 fully saturated rings. The Morgan fingerprint density at radius 2 is 1.72 bits per heavy atom. The SMILES string of the molecule is COc1cc(-c2nc3ccccn3c2NC(C)(C)CC(C)(C)C)ccc1OC(=O)c1ccc(Cl)cc1. The van der Waals surface area contributed by atoms with Crippen LogP contribution in [0.3, 0.4) is 0 Å². The first-order valence-corrected chi connectivity index (χ1v) is 12.2. The second kappa shape index (κ2) is 9.86. The molecule has 0 aliphatic carbocycles. The minimum absolute atomic E-state index is 0.149. The first kappa shape index (κ1) is 25.6. The Labute approximate surface area is 217 Å². The maximum absolute atomic E-state index is 12.6. The second-order valence-corrected chi connectivity index (χ2v) is 11.2. The highest BCUT2D eigenvalue weighted by Crippen LogP contribution is 2.38. The number of imidazole rings is 1. The lowest BCUT2D eigenvalue weighted by molar-refractivity contribution is 0.0729. The molecule has 4 aromatic rings. The third kappa shape index (κ3) is 5.82. The number of halogens is 1. The van der Waals surface area contributed by atoms with Gasteiger partial charge in [-0.25, -0.2) is 9.78 Å². The normalized spacial score (nSPS) is 12.0. The minimum Gasteiger partial charge on any atom is -0.493 e. The average Bonchev–Trinajstić information content (AvgIpc) is 3.15. The lowest BCUT2D eigenvalue weighted by Crippen LogP contribution is -2.36. The molecule has 2 aromatic heterocycles. The molecule has 0 saturated heterocycles. The van der Waals surface area contributed by atoms with Crippen LogP contribution in [0.25, 0.3) is 16.9 Å². The van der Waals surface area contributed by atoms with Crippen molar-refractivity contribution in [2.24, 2.45) is 5.41 Å². The Bertz CT molecular complexity index is 1390. The molecule has 0 aliphatic heterocycles. The summed E-state index contributed by atoms with van der Waals surface area (Å²) in [6.07, 6.45) is 2.96. The number of hydrogen-bond acceptors (Lipinski definition) is 5. The predicted octanol–water partition coefficient (Wildman–Crippen LogP) is 7.51. The highest BCUT2D eigenvalue weighted by Gasteiger charge is 2.28. The fourth-order valence-electron chi connectivity index (χ4n) is 4.65. The molecule has 2 heterocycles. The van der Waals surface area contributed by atoms with Crippen LogP contribution in [-0.4, -0.2) is 28.0 Å². The topological polar surface area (TPSA) is 64.9 Å². The van der Waals surface area contributed by atoms with E-state index in [0.29, 0.717) is 22.1 Å². The van der Waals surface area contributed by atoms with Gasteiger partial charge >= 0.3 is 5.97 Å². The number of benzene rings is 2. The molecule has 6 nitrogen and oxygen atoms in total. The van der Waals surface area contributed by atoms with E-state index >= 15 is 0 Å². The number of pyridine rings is 1. The van der Waals surface area contributed by atoms with E-state index in [4.69, 9.17) is 26.1 Å². The minimum atomic E-state index is -0.489. The van der Waals surface area contributed by atoms with Gasteiger partial charge in [-0.1, -0.05) is 38.4 Å². The van der Waals surface area contributed by atoms with Crippen LogP contribution in [0, 0.1) is 5.41 Å². The number of anilines is 1. The van der Waals surface area contributed by atoms with Crippen molar-refractivity contribution in [2.75, 3.05) is 12.4 Å². The molecule has 0 aliphatic rings. The number of aromatic nitrogens is 2. The van der Waals surface area contributed by atoms with Gasteiger partial charge in [-0.05, 0) is 80.3 Å². The summed E-state index contributed by atoms with van der Waals surface area (Å²) in [7, 11) is 1.55. The summed E-state index contributed by atoms with van der Waals surface area (Å²) in [6.45, 7) is 11.1. The summed E-state index contributed by atoms with van der Waals surface area (Å²) in [5.41, 5.74) is 2.83. The van der Waals surface area contributed by atoms with Crippen molar-refractivity contribution >= 4 is 29.0 Å². The quantitative estimate of drug-likeness (QED) is 0.208. The first-order valence-electron chi connectivity index (χ1n) is 11.9. The number of fused-ring (bicyclic) bond motifs is 1. The highest BCUT2D eigenvalue weighted by molar-refractivity contribution is 6.30. The van der Waals surface area contributed by atoms with E-state index in [9.17, 15) is 4.79 Å². The molecule has 1 N–H and O–H groups in total. The van der Waals surface area contributed by atoms with Gasteiger partial charge in [0.15, 0.2) is 11.5 Å². The molecule has 188 valence electrons. The van der Waals surface area contributed by atoms with Crippen molar-refractivity contribution in [2.45, 2.75) is 46.6 Å². The molecule has 0 saturated carbocycles. The Hall–Kier alpha value is -3.51. The molecular formula is C29H32ClN3O3. The number of rotatable bonds is 7. The number of hydrogen-bond donors (Lipinski definition) is 1. The van der Waals surface area contributed by atoms with Gasteiger partial charge in [-0.15, -0.1) is 0 Å². The predicted molar refractivity (Wildman–Crippen MR) is 145 cm³/mol. The standard InChI is InChI=1S/C29H32ClN3O3/c1-28(2,3)18-29(4,5)32-26-25(31-24-9-7-8-16-33(24)26)20-12-15-22(23(17-20)35-6)36-27(34)19-10-13-21(30)14-11-19/h7-17,32H,18H2,1-6H3. The molecule has 7 heteroatoms. The average molecular weight is 506 g/mol. The fraction of sp³-hybridized carbons (Fsp3) is 0.310. The van der Waals surface area contributed by atoms with E-state index in [-0.39, 0.29) is 11.0 Å². The lowest BCUT2D eigenvalue weighted by Gasteiger charge is -2.34. The first-order chi connectivity index (χ1) is 17.0. The van der Waals surface area contributed by atoms with Crippen LogP contribution < -0.4 is 14.8 Å². The molecule has 0 unspecified atom stereocenters. The third-order valence-corrected chi connectivity index (χ3v) is 5.93. The number of carbonyl (C=O) groups is 1. The van der Waals surface area contributed by atoms with Crippen molar-refractivity contribution in [3.63, 3.8) is 0 Å². The van der Waals surface area contributed by atoms with Gasteiger partial charge in [0, 0.05) is 22.3 Å². The number of methoxy groups -OCH3 is 1. The van der Waals surface area contributed by atoms with Gasteiger partial charge in [0.05, 0.1) is 12.7 Å². The summed E-state index contributed by atoms with van der Waals surface area (Å²) in [5.74, 6) is 1.17. The Balaban J connectivity index is 1.71. The van der Waals surface area contributed by atoms with Crippen LogP contribution in [-0.2, 0) is 0 Å². The maximum atomic E-state index is 12.6. The smallest absolute Gasteiger partial charge is 0.343 e. The summed E-state index contributed by atoms with van der Waals surface area (Å²) >= 11 is 5.93. The van der Waals surface area contributed by atoms with E-state index in [2.05, 4.69) is 44.3 Å². The van der Waals surface area contributed by atoms with Crippen molar-refractivity contribution < 1.29 is 14.3 Å². The highest BCUT2D eigenvalue weighted by atomic mass is 35.5. The summed E-state index contributed by atoms with van der Waals surface area (Å²) in [5, 5.41) is 4.29. The molecule has 4 rings (SSSR count). The molecule has 36 heavy (non-hydrogen) atoms. The van der Waals surface area contributed by atoms with Gasteiger partial charge in [0.2, 0.25) is 0 Å². The van der Waals surface area contributed by atoms with Crippen molar-refractivity contribution in [1.82, 2.24) is 9.38 Å². The van der Waals surface area contributed by atoms with Crippen LogP contribution in [0.15, 0.2) is 66.9 Å². The van der Waals surface area contributed by atoms with E-state index in [1.54, 1.807) is 37.4 Å². The summed E-state index contributed by atoms with van der Waals surface area (Å²) in [4.78, 5) is 17.6. The van der Waals surface area contributed by atoms with Gasteiger partial charge < -0.3 is 14.8 Å². The molecule has 0 radical (unpaired) electrons. The van der Waals surface area contributed by atoms with Crippen LogP contribution in [0.4, 0.5) is 5.82 Å². The van der Waals surface area contributed by atoms with Gasteiger partial charge in [-0.3, -0.25) is 4.40 Å². The zero-order valence-corrected chi connectivity index (χ0v) is 22.3. The number of ether oxygens (including phenoxy) is 2. The van der Waals surface area contributed by atoms with E-state index < -0.39 is 5.97 Å². The Morgan fingerprint density at radius 1 is 1.00 bits per heavy atom. The molecule has 0 bridgehead atoms. The van der Waals surface area contributed by atoms with Crippen LogP contribution in [0.2, 0.25) is 5.02 Å². The lowest BCUT2D eigenvalue weighted by atomic mass is 9.82. The van der Waals surface area contributed by atoms with E-state index in [1.165, 1.54) is 0 Å². The van der Waals surface area contributed by atoms with Gasteiger partial charge in [-0.2, -0.15) is 0 Å². The van der Waals surface area contributed by atoms with Gasteiger partial charge in [0.1, 0.15) is 17.2 Å². The monoisotopic (exact) mass is 505 g/mol. The maximum Gasteiger partial charge on any atom is 0.343 e. The van der Waals surface area contributed by atoms with Crippen molar-refractivity contribution in [3.8, 4) is 22.8 Å². The molecule has 0 amide bonds. The molecule has 0 atom stereocenters. The van der Waals surface area contributed by atoms with Crippen LogP contribution >= 0.6 is 11.6 Å². The number of esters is 1. The zero-order chi connectivity index (χ0) is 26.1. The fourth-order valence-corrected chi connectivity index (χ4v) is 4.78. The number of nitrogens with zero attached hydrogens (tertiary/aromatic N) is 2. The van der Waals surface area contributed by atoms with Crippen molar-refractivity contribution in [3.05, 3.63) is 77.4 Å². The molecule has 0 spiro atoms. The van der Waals surface area contributed by atoms with Crippen LogP contribution in [0.5, 0.6) is 11.5 Å².